The van der Waals surface area contributed by atoms with Crippen LogP contribution in [0.15, 0.2) is 218 Å². The van der Waals surface area contributed by atoms with E-state index in [4.69, 9.17) is 0 Å². The molecule has 0 spiro atoms. The van der Waals surface area contributed by atoms with Crippen LogP contribution in [0.1, 0.15) is 43.6 Å². The summed E-state index contributed by atoms with van der Waals surface area (Å²) in [6.45, 7) is 0.0102. The lowest BCUT2D eigenvalue weighted by Gasteiger charge is -2.45. The van der Waals surface area contributed by atoms with Crippen molar-refractivity contribution in [1.82, 2.24) is 0 Å². The first-order valence-corrected chi connectivity index (χ1v) is 22.7. The van der Waals surface area contributed by atoms with Crippen molar-refractivity contribution in [2.24, 2.45) is 0 Å². The van der Waals surface area contributed by atoms with Crippen LogP contribution in [0.5, 0.6) is 0 Å². The maximum absolute atomic E-state index is 2.58. The maximum atomic E-state index is 2.58. The van der Waals surface area contributed by atoms with Gasteiger partial charge in [-0.1, -0.05) is 171 Å². The Morgan fingerprint density at radius 3 is 1.30 bits per heavy atom. The highest BCUT2D eigenvalue weighted by atomic mass is 15.2. The Hall–Kier alpha value is -7.36. The lowest BCUT2D eigenvalue weighted by molar-refractivity contribution is 0.444. The molecule has 1 saturated carbocycles. The fourth-order valence-corrected chi connectivity index (χ4v) is 10.8. The third kappa shape index (κ3) is 6.67. The van der Waals surface area contributed by atoms with E-state index in [0.29, 0.717) is 5.92 Å². The van der Waals surface area contributed by atoms with Crippen molar-refractivity contribution in [3.63, 3.8) is 0 Å². The monoisotopic (exact) mass is 806 g/mol. The molecule has 0 unspecified atom stereocenters. The summed E-state index contributed by atoms with van der Waals surface area (Å²) in [4.78, 5) is 5.15. The molecule has 9 aromatic carbocycles. The number of hydrogen-bond acceptors (Lipinski definition) is 2. The highest BCUT2D eigenvalue weighted by molar-refractivity contribution is 7.00. The molecule has 9 aromatic rings. The number of rotatable bonds is 7. The molecule has 3 aliphatic rings. The van der Waals surface area contributed by atoms with Gasteiger partial charge in [0.2, 0.25) is 0 Å². The van der Waals surface area contributed by atoms with E-state index in [-0.39, 0.29) is 6.71 Å². The molecule has 0 saturated heterocycles. The first-order valence-electron chi connectivity index (χ1n) is 22.7. The van der Waals surface area contributed by atoms with Gasteiger partial charge < -0.3 is 9.80 Å². The van der Waals surface area contributed by atoms with Crippen LogP contribution in [0.4, 0.5) is 34.1 Å². The van der Waals surface area contributed by atoms with Gasteiger partial charge in [-0.2, -0.15) is 0 Å². The SMILES string of the molecule is c1ccc(-c2cc(-c3ccccc3)cc(-c3ccc4c(c3)B3c5ccc(-c6ccccc6)cc5N(c5ccccc5)c5cc(C6CCCCC6)cc(c53)N4c3ccccc3)c2)cc1. The zero-order valence-electron chi connectivity index (χ0n) is 35.4. The number of benzene rings is 9. The number of hydrogen-bond donors (Lipinski definition) is 0. The smallest absolute Gasteiger partial charge is 0.252 e. The predicted molar refractivity (Wildman–Crippen MR) is 268 cm³/mol. The quantitative estimate of drug-likeness (QED) is 0.148. The molecular weight excluding hydrogens is 759 g/mol. The first kappa shape index (κ1) is 37.4. The summed E-state index contributed by atoms with van der Waals surface area (Å²) in [5.41, 5.74) is 22.6. The van der Waals surface area contributed by atoms with E-state index < -0.39 is 0 Å². The number of para-hydroxylation sites is 2. The van der Waals surface area contributed by atoms with Crippen molar-refractivity contribution in [3.05, 3.63) is 224 Å². The second-order valence-corrected chi connectivity index (χ2v) is 17.5. The number of fused-ring (bicyclic) bond motifs is 4. The van der Waals surface area contributed by atoms with Gasteiger partial charge >= 0.3 is 0 Å². The van der Waals surface area contributed by atoms with Crippen molar-refractivity contribution in [2.75, 3.05) is 9.80 Å². The lowest BCUT2D eigenvalue weighted by atomic mass is 9.33. The van der Waals surface area contributed by atoms with Gasteiger partial charge in [-0.3, -0.25) is 0 Å². The lowest BCUT2D eigenvalue weighted by Crippen LogP contribution is -2.61. The molecule has 2 nitrogen and oxygen atoms in total. The Morgan fingerprint density at radius 2 is 0.762 bits per heavy atom. The third-order valence-electron chi connectivity index (χ3n) is 13.8. The molecule has 2 aliphatic heterocycles. The molecule has 63 heavy (non-hydrogen) atoms. The van der Waals surface area contributed by atoms with Crippen LogP contribution < -0.4 is 26.2 Å². The standard InChI is InChI=1S/C60H47BN2/c1-7-19-42(20-8-1)47-31-33-54-57(39-47)63(53-29-17-6-18-30-53)59-41-51(45-25-13-4-14-26-45)40-58-60(59)61(54)55-38-46(32-34-56(55)62(58)52-27-15-5-16-28-52)50-36-48(43-21-9-2-10-22-43)35-49(37-50)44-23-11-3-12-24-44/h1-3,5-12,15-24,27-41,45H,4,13-14,25-26H2. The Balaban J connectivity index is 1.14. The molecule has 3 heteroatoms. The summed E-state index contributed by atoms with van der Waals surface area (Å²) >= 11 is 0. The van der Waals surface area contributed by atoms with Crippen molar-refractivity contribution in [1.29, 1.82) is 0 Å². The Morgan fingerprint density at radius 1 is 0.317 bits per heavy atom. The molecular formula is C60H47BN2. The van der Waals surface area contributed by atoms with Crippen molar-refractivity contribution in [2.45, 2.75) is 38.0 Å². The van der Waals surface area contributed by atoms with E-state index >= 15 is 0 Å². The minimum atomic E-state index is 0.0102. The zero-order chi connectivity index (χ0) is 41.7. The average molecular weight is 807 g/mol. The fourth-order valence-electron chi connectivity index (χ4n) is 10.8. The molecule has 2 heterocycles. The molecule has 0 atom stereocenters. The van der Waals surface area contributed by atoms with Crippen LogP contribution in [-0.4, -0.2) is 6.71 Å². The average Bonchev–Trinajstić information content (AvgIpc) is 3.37. The van der Waals surface area contributed by atoms with Gasteiger partial charge in [-0.15, -0.1) is 0 Å². The molecule has 1 aliphatic carbocycles. The molecule has 12 rings (SSSR count). The summed E-state index contributed by atoms with van der Waals surface area (Å²) in [6, 6.07) is 81.4. The second kappa shape index (κ2) is 15.8. The fraction of sp³-hybridized carbons (Fsp3) is 0.100. The van der Waals surface area contributed by atoms with Crippen LogP contribution in [0.3, 0.4) is 0 Å². The van der Waals surface area contributed by atoms with Crippen LogP contribution in [0.25, 0.3) is 44.5 Å². The summed E-state index contributed by atoms with van der Waals surface area (Å²) < 4.78 is 0. The molecule has 0 N–H and O–H groups in total. The van der Waals surface area contributed by atoms with Crippen molar-refractivity contribution >= 4 is 57.2 Å². The number of anilines is 6. The molecule has 0 amide bonds. The van der Waals surface area contributed by atoms with Gasteiger partial charge in [0.05, 0.1) is 0 Å². The van der Waals surface area contributed by atoms with E-state index in [1.807, 2.05) is 0 Å². The van der Waals surface area contributed by atoms with Crippen molar-refractivity contribution < 1.29 is 0 Å². The Bertz CT molecular complexity index is 3030. The summed E-state index contributed by atoms with van der Waals surface area (Å²) in [5, 5.41) is 0. The minimum Gasteiger partial charge on any atom is -0.311 e. The maximum Gasteiger partial charge on any atom is 0.252 e. The molecule has 300 valence electrons. The highest BCUT2D eigenvalue weighted by Crippen LogP contribution is 2.48. The van der Waals surface area contributed by atoms with Gasteiger partial charge in [0.15, 0.2) is 0 Å². The predicted octanol–water partition coefficient (Wildman–Crippen LogP) is 14.5. The molecule has 0 radical (unpaired) electrons. The van der Waals surface area contributed by atoms with E-state index in [1.54, 1.807) is 0 Å². The van der Waals surface area contributed by atoms with Gasteiger partial charge in [-0.25, -0.2) is 0 Å². The van der Waals surface area contributed by atoms with Gasteiger partial charge in [-0.05, 0) is 152 Å². The Kier molecular flexibility index (Phi) is 9.40. The summed E-state index contributed by atoms with van der Waals surface area (Å²) in [5.74, 6) is 0.533. The van der Waals surface area contributed by atoms with Crippen LogP contribution in [-0.2, 0) is 0 Å². The van der Waals surface area contributed by atoms with Crippen LogP contribution in [0.2, 0.25) is 0 Å². The number of nitrogens with zero attached hydrogens (tertiary/aromatic N) is 2. The van der Waals surface area contributed by atoms with E-state index in [2.05, 4.69) is 228 Å². The van der Waals surface area contributed by atoms with E-state index in [1.165, 1.54) is 133 Å². The Labute approximate surface area is 371 Å². The molecule has 1 fully saturated rings. The second-order valence-electron chi connectivity index (χ2n) is 17.5. The van der Waals surface area contributed by atoms with Crippen molar-refractivity contribution in [3.8, 4) is 44.5 Å². The van der Waals surface area contributed by atoms with E-state index in [0.717, 1.165) is 0 Å². The molecule has 0 aromatic heterocycles. The van der Waals surface area contributed by atoms with Gasteiger partial charge in [0.1, 0.15) is 0 Å². The molecule has 0 bridgehead atoms. The first-order chi connectivity index (χ1) is 31.2. The van der Waals surface area contributed by atoms with Gasteiger partial charge in [0.25, 0.3) is 6.71 Å². The normalized spacial score (nSPS) is 14.2. The van der Waals surface area contributed by atoms with Crippen LogP contribution >= 0.6 is 0 Å². The summed E-state index contributed by atoms with van der Waals surface area (Å²) in [6.07, 6.45) is 6.38. The van der Waals surface area contributed by atoms with E-state index in [9.17, 15) is 0 Å². The topological polar surface area (TPSA) is 6.48 Å². The van der Waals surface area contributed by atoms with Gasteiger partial charge in [0, 0.05) is 34.1 Å². The summed E-state index contributed by atoms with van der Waals surface area (Å²) in [7, 11) is 0. The third-order valence-corrected chi connectivity index (χ3v) is 13.8. The minimum absolute atomic E-state index is 0.0102. The van der Waals surface area contributed by atoms with Crippen LogP contribution in [0, 0.1) is 0 Å². The largest absolute Gasteiger partial charge is 0.311 e. The highest BCUT2D eigenvalue weighted by Gasteiger charge is 2.44. The zero-order valence-corrected chi connectivity index (χ0v) is 35.4.